The number of aromatic nitrogens is 2. The molecule has 26 heavy (non-hydrogen) atoms. The standard InChI is InChI=1S/C21H26N4O/c1-15-5-7-16(8-6-15)20-18-3-2-4-19(18)25(22-20)21(26)24-14-13-23-11-9-17(24)10-12-23/h5-8,17H,2-4,9-14H2,1H3. The Morgan fingerprint density at radius 2 is 1.81 bits per heavy atom. The lowest BCUT2D eigenvalue weighted by Crippen LogP contribution is -2.44. The highest BCUT2D eigenvalue weighted by molar-refractivity contribution is 5.80. The van der Waals surface area contributed by atoms with Crippen LogP contribution in [-0.4, -0.2) is 57.8 Å². The molecule has 0 spiro atoms. The normalized spacial score (nSPS) is 24.6. The Morgan fingerprint density at radius 1 is 1.04 bits per heavy atom. The van der Waals surface area contributed by atoms with Crippen LogP contribution in [-0.2, 0) is 12.8 Å². The van der Waals surface area contributed by atoms with Crippen molar-refractivity contribution < 1.29 is 4.79 Å². The van der Waals surface area contributed by atoms with Crippen molar-refractivity contribution in [2.75, 3.05) is 26.2 Å². The number of carbonyl (C=O) groups excluding carboxylic acids is 1. The third-order valence-corrected chi connectivity index (χ3v) is 6.34. The molecule has 6 rings (SSSR count). The topological polar surface area (TPSA) is 41.4 Å². The summed E-state index contributed by atoms with van der Waals surface area (Å²) in [7, 11) is 0. The Bertz CT molecular complexity index is 830. The highest BCUT2D eigenvalue weighted by atomic mass is 16.2. The number of amides is 1. The van der Waals surface area contributed by atoms with Crippen molar-refractivity contribution in [1.82, 2.24) is 19.6 Å². The van der Waals surface area contributed by atoms with Crippen LogP contribution in [0.2, 0.25) is 0 Å². The van der Waals surface area contributed by atoms with Crippen LogP contribution in [0, 0.1) is 6.92 Å². The van der Waals surface area contributed by atoms with Crippen LogP contribution in [0.15, 0.2) is 24.3 Å². The summed E-state index contributed by atoms with van der Waals surface area (Å²) in [5.74, 6) is 0. The maximum absolute atomic E-state index is 13.4. The maximum Gasteiger partial charge on any atom is 0.345 e. The number of nitrogens with zero attached hydrogens (tertiary/aromatic N) is 4. The molecule has 5 nitrogen and oxygen atoms in total. The van der Waals surface area contributed by atoms with Gasteiger partial charge in [-0.25, -0.2) is 4.79 Å². The fourth-order valence-corrected chi connectivity index (χ4v) is 4.80. The monoisotopic (exact) mass is 350 g/mol. The number of hydrogen-bond acceptors (Lipinski definition) is 3. The first-order valence-electron chi connectivity index (χ1n) is 9.92. The van der Waals surface area contributed by atoms with Gasteiger partial charge < -0.3 is 9.80 Å². The van der Waals surface area contributed by atoms with Crippen molar-refractivity contribution in [3.63, 3.8) is 0 Å². The molecule has 1 aromatic heterocycles. The molecule has 4 heterocycles. The zero-order valence-electron chi connectivity index (χ0n) is 15.4. The van der Waals surface area contributed by atoms with Crippen LogP contribution in [0.5, 0.6) is 0 Å². The van der Waals surface area contributed by atoms with E-state index in [1.54, 1.807) is 4.68 Å². The average Bonchev–Trinajstić information content (AvgIpc) is 3.14. The molecule has 1 amide bonds. The molecule has 0 atom stereocenters. The van der Waals surface area contributed by atoms with E-state index < -0.39 is 0 Å². The molecule has 0 N–H and O–H groups in total. The number of aryl methyl sites for hydroxylation is 1. The van der Waals surface area contributed by atoms with Crippen LogP contribution in [0.4, 0.5) is 4.79 Å². The molecule has 0 radical (unpaired) electrons. The SMILES string of the molecule is Cc1ccc(-c2nn(C(=O)N3CCN4CCC3CC4)c3c2CCC3)cc1. The van der Waals surface area contributed by atoms with Crippen LogP contribution < -0.4 is 0 Å². The molecule has 2 aromatic rings. The van der Waals surface area contributed by atoms with Crippen molar-refractivity contribution in [3.8, 4) is 11.3 Å². The van der Waals surface area contributed by atoms with Crippen LogP contribution in [0.3, 0.4) is 0 Å². The second-order valence-electron chi connectivity index (χ2n) is 7.95. The Hall–Kier alpha value is -2.14. The minimum atomic E-state index is 0.0928. The van der Waals surface area contributed by atoms with Gasteiger partial charge in [-0.2, -0.15) is 9.78 Å². The van der Waals surface area contributed by atoms with Gasteiger partial charge in [-0.3, -0.25) is 0 Å². The zero-order valence-corrected chi connectivity index (χ0v) is 15.4. The summed E-state index contributed by atoms with van der Waals surface area (Å²) in [6.07, 6.45) is 5.31. The molecule has 136 valence electrons. The number of hydrogen-bond donors (Lipinski definition) is 0. The zero-order chi connectivity index (χ0) is 17.7. The van der Waals surface area contributed by atoms with Gasteiger partial charge in [0.05, 0.1) is 11.4 Å². The number of carbonyl (C=O) groups is 1. The van der Waals surface area contributed by atoms with Gasteiger partial charge in [0.1, 0.15) is 0 Å². The van der Waals surface area contributed by atoms with E-state index >= 15 is 0 Å². The summed E-state index contributed by atoms with van der Waals surface area (Å²) in [4.78, 5) is 18.0. The molecule has 0 saturated carbocycles. The van der Waals surface area contributed by atoms with Crippen molar-refractivity contribution in [2.24, 2.45) is 0 Å². The van der Waals surface area contributed by atoms with Gasteiger partial charge in [-0.1, -0.05) is 29.8 Å². The maximum atomic E-state index is 13.4. The second-order valence-corrected chi connectivity index (χ2v) is 7.95. The van der Waals surface area contributed by atoms with Gasteiger partial charge in [-0.15, -0.1) is 0 Å². The molecular formula is C21H26N4O. The minimum Gasteiger partial charge on any atom is -0.318 e. The number of piperidine rings is 1. The summed E-state index contributed by atoms with van der Waals surface area (Å²) in [6, 6.07) is 8.98. The number of fused-ring (bicyclic) bond motifs is 5. The van der Waals surface area contributed by atoms with Gasteiger partial charge in [0.15, 0.2) is 0 Å². The first-order valence-corrected chi connectivity index (χ1v) is 9.92. The Balaban J connectivity index is 1.52. The lowest BCUT2D eigenvalue weighted by atomic mass is 10.1. The summed E-state index contributed by atoms with van der Waals surface area (Å²) in [5, 5.41) is 4.83. The quantitative estimate of drug-likeness (QED) is 0.794. The number of benzene rings is 1. The van der Waals surface area contributed by atoms with Gasteiger partial charge in [0.2, 0.25) is 0 Å². The summed E-state index contributed by atoms with van der Waals surface area (Å²) in [5.41, 5.74) is 5.81. The second kappa shape index (κ2) is 6.23. The van der Waals surface area contributed by atoms with E-state index in [1.165, 1.54) is 11.1 Å². The number of rotatable bonds is 1. The summed E-state index contributed by atoms with van der Waals surface area (Å²) < 4.78 is 1.74. The lowest BCUT2D eigenvalue weighted by Gasteiger charge is -2.31. The summed E-state index contributed by atoms with van der Waals surface area (Å²) >= 11 is 0. The van der Waals surface area contributed by atoms with E-state index in [-0.39, 0.29) is 6.03 Å². The van der Waals surface area contributed by atoms with Gasteiger partial charge in [0.25, 0.3) is 0 Å². The predicted octanol–water partition coefficient (Wildman–Crippen LogP) is 3.10. The molecule has 3 saturated heterocycles. The third-order valence-electron chi connectivity index (χ3n) is 6.34. The fourth-order valence-electron chi connectivity index (χ4n) is 4.80. The molecule has 3 aliphatic heterocycles. The van der Waals surface area contributed by atoms with Crippen molar-refractivity contribution in [3.05, 3.63) is 41.1 Å². The first kappa shape index (κ1) is 16.1. The molecule has 4 aliphatic rings. The Kier molecular flexibility index (Phi) is 3.85. The van der Waals surface area contributed by atoms with E-state index in [4.69, 9.17) is 5.10 Å². The predicted molar refractivity (Wildman–Crippen MR) is 101 cm³/mol. The van der Waals surface area contributed by atoms with E-state index in [0.29, 0.717) is 6.04 Å². The van der Waals surface area contributed by atoms with Gasteiger partial charge in [0, 0.05) is 43.3 Å². The van der Waals surface area contributed by atoms with E-state index in [2.05, 4.69) is 41.0 Å². The molecule has 5 heteroatoms. The average molecular weight is 350 g/mol. The highest BCUT2D eigenvalue weighted by Crippen LogP contribution is 2.33. The minimum absolute atomic E-state index is 0.0928. The van der Waals surface area contributed by atoms with Gasteiger partial charge in [-0.05, 0) is 39.0 Å². The fraction of sp³-hybridized carbons (Fsp3) is 0.524. The van der Waals surface area contributed by atoms with Crippen LogP contribution in [0.25, 0.3) is 11.3 Å². The van der Waals surface area contributed by atoms with Crippen LogP contribution in [0.1, 0.15) is 36.1 Å². The van der Waals surface area contributed by atoms with Crippen molar-refractivity contribution >= 4 is 6.03 Å². The van der Waals surface area contributed by atoms with Gasteiger partial charge >= 0.3 is 6.03 Å². The van der Waals surface area contributed by atoms with E-state index in [1.807, 2.05) is 0 Å². The van der Waals surface area contributed by atoms with Crippen molar-refractivity contribution in [1.29, 1.82) is 0 Å². The van der Waals surface area contributed by atoms with E-state index in [9.17, 15) is 4.79 Å². The highest BCUT2D eigenvalue weighted by Gasteiger charge is 2.35. The molecule has 2 bridgehead atoms. The molecule has 1 aliphatic carbocycles. The Morgan fingerprint density at radius 3 is 2.58 bits per heavy atom. The largest absolute Gasteiger partial charge is 0.345 e. The third kappa shape index (κ3) is 2.57. The van der Waals surface area contributed by atoms with Crippen molar-refractivity contribution in [2.45, 2.75) is 45.1 Å². The first-order chi connectivity index (χ1) is 12.7. The smallest absolute Gasteiger partial charge is 0.318 e. The van der Waals surface area contributed by atoms with E-state index in [0.717, 1.165) is 75.2 Å². The molecule has 0 unspecified atom stereocenters. The summed E-state index contributed by atoms with van der Waals surface area (Å²) in [6.45, 7) is 6.18. The van der Waals surface area contributed by atoms with Crippen LogP contribution >= 0.6 is 0 Å². The molecule has 3 fully saturated rings. The Labute approximate surface area is 154 Å². The lowest BCUT2D eigenvalue weighted by molar-refractivity contribution is 0.168. The molecule has 1 aromatic carbocycles. The molecular weight excluding hydrogens is 324 g/mol.